The molecule has 1 aliphatic heterocycles. The second-order valence-corrected chi connectivity index (χ2v) is 7.77. The molecule has 144 valence electrons. The number of rotatable bonds is 6. The Hall–Kier alpha value is -2.70. The van der Waals surface area contributed by atoms with Crippen LogP contribution >= 0.6 is 0 Å². The highest BCUT2D eigenvalue weighted by Crippen LogP contribution is 2.36. The average molecular weight is 373 g/mol. The van der Waals surface area contributed by atoms with Gasteiger partial charge in [0.15, 0.2) is 0 Å². The van der Waals surface area contributed by atoms with Crippen molar-refractivity contribution in [1.29, 1.82) is 5.26 Å². The van der Waals surface area contributed by atoms with E-state index in [1.54, 1.807) is 0 Å². The van der Waals surface area contributed by atoms with Gasteiger partial charge in [0.1, 0.15) is 0 Å². The van der Waals surface area contributed by atoms with Crippen molar-refractivity contribution in [2.24, 2.45) is 10.4 Å². The number of aliphatic hydroxyl groups excluding tert-OH is 1. The molecule has 0 amide bonds. The van der Waals surface area contributed by atoms with Crippen LogP contribution in [-0.4, -0.2) is 23.0 Å². The van der Waals surface area contributed by atoms with Crippen molar-refractivity contribution < 1.29 is 5.11 Å². The Morgan fingerprint density at radius 1 is 1.14 bits per heavy atom. The van der Waals surface area contributed by atoms with Gasteiger partial charge in [-0.1, -0.05) is 62.4 Å². The summed E-state index contributed by atoms with van der Waals surface area (Å²) >= 11 is 0. The van der Waals surface area contributed by atoms with Crippen molar-refractivity contribution in [2.45, 2.75) is 52.2 Å². The van der Waals surface area contributed by atoms with Crippen LogP contribution in [0.15, 0.2) is 65.7 Å². The molecule has 0 saturated carbocycles. The second kappa shape index (κ2) is 8.54. The standard InChI is InChI=1S/C25H28N2O/c1-4-19-9-11-20(12-10-19)13-14-24(28)25(3)16-15-23(27-18(25)2)22-8-6-5-7-21(22)17-26/h5-12,15-16,18,24,28H,4,13-14H2,1-3H3. The molecule has 3 heteroatoms. The highest BCUT2D eigenvalue weighted by atomic mass is 16.3. The second-order valence-electron chi connectivity index (χ2n) is 7.77. The first-order valence-electron chi connectivity index (χ1n) is 10.0. The van der Waals surface area contributed by atoms with Gasteiger partial charge >= 0.3 is 0 Å². The van der Waals surface area contributed by atoms with Crippen LogP contribution in [0.25, 0.3) is 0 Å². The Labute approximate surface area is 168 Å². The van der Waals surface area contributed by atoms with Gasteiger partial charge in [-0.3, -0.25) is 4.99 Å². The first-order chi connectivity index (χ1) is 13.5. The molecule has 0 saturated heterocycles. The van der Waals surface area contributed by atoms with Crippen molar-refractivity contribution in [3.63, 3.8) is 0 Å². The van der Waals surface area contributed by atoms with Crippen LogP contribution in [0, 0.1) is 16.7 Å². The fourth-order valence-corrected chi connectivity index (χ4v) is 3.70. The summed E-state index contributed by atoms with van der Waals surface area (Å²) in [4.78, 5) is 4.83. The molecule has 1 aliphatic rings. The predicted octanol–water partition coefficient (Wildman–Crippen LogP) is 4.87. The molecule has 3 unspecified atom stereocenters. The minimum absolute atomic E-state index is 0.0725. The zero-order valence-corrected chi connectivity index (χ0v) is 16.9. The minimum Gasteiger partial charge on any atom is -0.392 e. The van der Waals surface area contributed by atoms with E-state index in [4.69, 9.17) is 4.99 Å². The minimum atomic E-state index is -0.485. The van der Waals surface area contributed by atoms with E-state index in [-0.39, 0.29) is 6.04 Å². The Bertz CT molecular complexity index is 920. The van der Waals surface area contributed by atoms with Crippen molar-refractivity contribution in [3.05, 3.63) is 82.9 Å². The number of benzene rings is 2. The van der Waals surface area contributed by atoms with Gasteiger partial charge in [0.25, 0.3) is 0 Å². The Balaban J connectivity index is 1.71. The summed E-state index contributed by atoms with van der Waals surface area (Å²) in [5, 5.41) is 20.3. The fraction of sp³-hybridized carbons (Fsp3) is 0.360. The number of aryl methyl sites for hydroxylation is 2. The van der Waals surface area contributed by atoms with Gasteiger partial charge in [0.05, 0.1) is 29.5 Å². The molecule has 1 N–H and O–H groups in total. The average Bonchev–Trinajstić information content (AvgIpc) is 2.74. The number of aliphatic imine (C=N–C) groups is 1. The molecule has 2 aromatic carbocycles. The van der Waals surface area contributed by atoms with Gasteiger partial charge in [-0.25, -0.2) is 0 Å². The lowest BCUT2D eigenvalue weighted by molar-refractivity contribution is 0.0492. The molecule has 0 spiro atoms. The van der Waals surface area contributed by atoms with Crippen molar-refractivity contribution >= 4 is 5.71 Å². The number of nitriles is 1. The van der Waals surface area contributed by atoms with Gasteiger partial charge in [-0.15, -0.1) is 0 Å². The molecule has 2 aromatic rings. The summed E-state index contributed by atoms with van der Waals surface area (Å²) in [7, 11) is 0. The third-order valence-corrected chi connectivity index (χ3v) is 6.01. The van der Waals surface area contributed by atoms with Crippen molar-refractivity contribution in [1.82, 2.24) is 0 Å². The summed E-state index contributed by atoms with van der Waals surface area (Å²) in [6.07, 6.45) is 6.11. The molecule has 3 nitrogen and oxygen atoms in total. The van der Waals surface area contributed by atoms with Crippen LogP contribution in [0.1, 0.15) is 49.4 Å². The number of aliphatic hydroxyl groups is 1. The summed E-state index contributed by atoms with van der Waals surface area (Å²) in [6, 6.07) is 18.3. The van der Waals surface area contributed by atoms with E-state index in [2.05, 4.69) is 50.3 Å². The number of nitrogens with zero attached hydrogens (tertiary/aromatic N) is 2. The lowest BCUT2D eigenvalue weighted by Gasteiger charge is -2.38. The Morgan fingerprint density at radius 2 is 1.82 bits per heavy atom. The number of dihydropyridines is 1. The van der Waals surface area contributed by atoms with Gasteiger partial charge in [-0.05, 0) is 49.5 Å². The molecule has 0 fully saturated rings. The van der Waals surface area contributed by atoms with E-state index < -0.39 is 11.5 Å². The zero-order valence-electron chi connectivity index (χ0n) is 16.9. The lowest BCUT2D eigenvalue weighted by Crippen LogP contribution is -2.41. The Morgan fingerprint density at radius 3 is 2.46 bits per heavy atom. The SMILES string of the molecule is CCc1ccc(CCC(O)C2(C)C=CC(c3ccccc3C#N)=NC2C)cc1. The van der Waals surface area contributed by atoms with Crippen LogP contribution in [0.2, 0.25) is 0 Å². The number of allylic oxidation sites excluding steroid dienone is 1. The number of hydrogen-bond donors (Lipinski definition) is 1. The van der Waals surface area contributed by atoms with Crippen LogP contribution in [-0.2, 0) is 12.8 Å². The third-order valence-electron chi connectivity index (χ3n) is 6.01. The molecule has 3 atom stereocenters. The van der Waals surface area contributed by atoms with E-state index in [0.717, 1.165) is 24.1 Å². The van der Waals surface area contributed by atoms with Crippen LogP contribution in [0.4, 0.5) is 0 Å². The highest BCUT2D eigenvalue weighted by molar-refractivity contribution is 6.10. The normalized spacial score (nSPS) is 22.4. The maximum atomic E-state index is 11.0. The molecule has 0 aliphatic carbocycles. The van der Waals surface area contributed by atoms with Crippen LogP contribution in [0.5, 0.6) is 0 Å². The van der Waals surface area contributed by atoms with Gasteiger partial charge in [0.2, 0.25) is 0 Å². The first-order valence-corrected chi connectivity index (χ1v) is 10.0. The van der Waals surface area contributed by atoms with Gasteiger partial charge < -0.3 is 5.11 Å². The summed E-state index contributed by atoms with van der Waals surface area (Å²) in [5.41, 5.74) is 4.44. The maximum absolute atomic E-state index is 11.0. The topological polar surface area (TPSA) is 56.4 Å². The smallest absolute Gasteiger partial charge is 0.0998 e. The van der Waals surface area contributed by atoms with Crippen molar-refractivity contribution in [3.8, 4) is 6.07 Å². The molecular weight excluding hydrogens is 344 g/mol. The monoisotopic (exact) mass is 372 g/mol. The van der Waals surface area contributed by atoms with E-state index in [1.807, 2.05) is 37.3 Å². The maximum Gasteiger partial charge on any atom is 0.0998 e. The van der Waals surface area contributed by atoms with Gasteiger partial charge in [0, 0.05) is 11.0 Å². The molecule has 0 bridgehead atoms. The summed E-state index contributed by atoms with van der Waals surface area (Å²) in [5.74, 6) is 0. The molecule has 0 aromatic heterocycles. The molecular formula is C25H28N2O. The van der Waals surface area contributed by atoms with Crippen molar-refractivity contribution in [2.75, 3.05) is 0 Å². The fourth-order valence-electron chi connectivity index (χ4n) is 3.70. The Kier molecular flexibility index (Phi) is 6.11. The van der Waals surface area contributed by atoms with E-state index in [1.165, 1.54) is 11.1 Å². The zero-order chi connectivity index (χ0) is 20.1. The van der Waals surface area contributed by atoms with Gasteiger partial charge in [-0.2, -0.15) is 5.26 Å². The number of hydrogen-bond acceptors (Lipinski definition) is 3. The quantitative estimate of drug-likeness (QED) is 0.786. The highest BCUT2D eigenvalue weighted by Gasteiger charge is 2.38. The first kappa shape index (κ1) is 20.0. The molecule has 28 heavy (non-hydrogen) atoms. The van der Waals surface area contributed by atoms with E-state index in [9.17, 15) is 10.4 Å². The van der Waals surface area contributed by atoms with E-state index in [0.29, 0.717) is 12.0 Å². The molecule has 3 rings (SSSR count). The third kappa shape index (κ3) is 4.08. The molecule has 1 heterocycles. The lowest BCUT2D eigenvalue weighted by atomic mass is 9.74. The molecule has 0 radical (unpaired) electrons. The summed E-state index contributed by atoms with van der Waals surface area (Å²) in [6.45, 7) is 6.26. The largest absolute Gasteiger partial charge is 0.392 e. The summed E-state index contributed by atoms with van der Waals surface area (Å²) < 4.78 is 0. The predicted molar refractivity (Wildman–Crippen MR) is 115 cm³/mol. The van der Waals surface area contributed by atoms with E-state index >= 15 is 0 Å². The van der Waals surface area contributed by atoms with Crippen LogP contribution < -0.4 is 0 Å². The van der Waals surface area contributed by atoms with Crippen LogP contribution in [0.3, 0.4) is 0 Å².